The molecule has 0 spiro atoms. The number of sulfonamides is 1. The highest BCUT2D eigenvalue weighted by Gasteiger charge is 2.17. The van der Waals surface area contributed by atoms with Gasteiger partial charge in [-0.15, -0.1) is 17.9 Å². The highest BCUT2D eigenvalue weighted by Crippen LogP contribution is 2.35. The molecule has 2 N–H and O–H groups in total. The summed E-state index contributed by atoms with van der Waals surface area (Å²) in [5.41, 5.74) is 1.18. The maximum absolute atomic E-state index is 12.5. The number of hydrogen-bond acceptors (Lipinski definition) is 4. The van der Waals surface area contributed by atoms with Crippen LogP contribution in [-0.2, 0) is 15.8 Å². The fourth-order valence-corrected chi connectivity index (χ4v) is 5.01. The number of rotatable bonds is 7. The number of benzene rings is 2. The minimum atomic E-state index is -3.42. The van der Waals surface area contributed by atoms with Crippen molar-refractivity contribution in [3.05, 3.63) is 76.6 Å². The molecule has 5 nitrogen and oxygen atoms in total. The van der Waals surface area contributed by atoms with E-state index in [1.54, 1.807) is 24.3 Å². The van der Waals surface area contributed by atoms with E-state index in [0.717, 1.165) is 10.1 Å². The van der Waals surface area contributed by atoms with Crippen LogP contribution in [0.3, 0.4) is 0 Å². The largest absolute Gasteiger partial charge is 0.321 e. The van der Waals surface area contributed by atoms with E-state index in [4.69, 9.17) is 11.6 Å². The molecule has 0 saturated heterocycles. The maximum atomic E-state index is 12.5. The summed E-state index contributed by atoms with van der Waals surface area (Å²) < 4.78 is 27.1. The lowest BCUT2D eigenvalue weighted by Gasteiger charge is -2.07. The van der Waals surface area contributed by atoms with Crippen LogP contribution in [0.1, 0.15) is 15.2 Å². The predicted octanol–water partition coefficient (Wildman–Crippen LogP) is 4.41. The molecule has 27 heavy (non-hydrogen) atoms. The van der Waals surface area contributed by atoms with Crippen LogP contribution in [0.2, 0.25) is 5.02 Å². The fourth-order valence-electron chi connectivity index (χ4n) is 2.49. The van der Waals surface area contributed by atoms with Crippen LogP contribution in [0.25, 0.3) is 10.1 Å². The van der Waals surface area contributed by atoms with Gasteiger partial charge in [-0.05, 0) is 23.8 Å². The third kappa shape index (κ3) is 4.75. The van der Waals surface area contributed by atoms with E-state index in [1.807, 2.05) is 24.3 Å². The average molecular weight is 421 g/mol. The molecule has 0 fully saturated rings. The second-order valence-corrected chi connectivity index (χ2v) is 9.03. The van der Waals surface area contributed by atoms with E-state index in [9.17, 15) is 13.2 Å². The molecule has 1 aromatic heterocycles. The first-order chi connectivity index (χ1) is 12.9. The van der Waals surface area contributed by atoms with Gasteiger partial charge >= 0.3 is 0 Å². The number of amides is 1. The van der Waals surface area contributed by atoms with Crippen molar-refractivity contribution in [3.8, 4) is 0 Å². The number of halogens is 1. The molecule has 0 unspecified atom stereocenters. The van der Waals surface area contributed by atoms with E-state index in [2.05, 4.69) is 16.6 Å². The first kappa shape index (κ1) is 19.6. The highest BCUT2D eigenvalue weighted by molar-refractivity contribution is 7.88. The second-order valence-electron chi connectivity index (χ2n) is 5.79. The molecule has 0 atom stereocenters. The van der Waals surface area contributed by atoms with Crippen molar-refractivity contribution in [1.82, 2.24) is 4.72 Å². The van der Waals surface area contributed by atoms with Gasteiger partial charge in [0.1, 0.15) is 4.88 Å². The summed E-state index contributed by atoms with van der Waals surface area (Å²) in [7, 11) is -3.42. The van der Waals surface area contributed by atoms with Gasteiger partial charge in [0.25, 0.3) is 5.91 Å². The molecule has 0 aliphatic rings. The van der Waals surface area contributed by atoms with Crippen LogP contribution in [0.4, 0.5) is 5.69 Å². The second kappa shape index (κ2) is 8.22. The smallest absolute Gasteiger partial charge is 0.267 e. The van der Waals surface area contributed by atoms with Crippen molar-refractivity contribution in [2.45, 2.75) is 5.75 Å². The molecule has 8 heteroatoms. The van der Waals surface area contributed by atoms with Gasteiger partial charge < -0.3 is 5.32 Å². The van der Waals surface area contributed by atoms with E-state index in [-0.39, 0.29) is 18.2 Å². The third-order valence-electron chi connectivity index (χ3n) is 3.76. The molecule has 3 rings (SSSR count). The summed E-state index contributed by atoms with van der Waals surface area (Å²) in [6.07, 6.45) is 1.48. The maximum Gasteiger partial charge on any atom is 0.267 e. The van der Waals surface area contributed by atoms with E-state index < -0.39 is 10.0 Å². The van der Waals surface area contributed by atoms with Crippen molar-refractivity contribution in [2.24, 2.45) is 0 Å². The van der Waals surface area contributed by atoms with E-state index in [1.165, 1.54) is 17.4 Å². The number of carbonyl (C=O) groups excluding carboxylic acids is 1. The molecule has 0 bridgehead atoms. The van der Waals surface area contributed by atoms with E-state index >= 15 is 0 Å². The van der Waals surface area contributed by atoms with Crippen LogP contribution < -0.4 is 10.0 Å². The molecule has 2 aromatic carbocycles. The summed E-state index contributed by atoms with van der Waals surface area (Å²) in [6.45, 7) is 3.67. The monoisotopic (exact) mass is 420 g/mol. The Morgan fingerprint density at radius 2 is 1.85 bits per heavy atom. The van der Waals surface area contributed by atoms with Crippen LogP contribution in [0.5, 0.6) is 0 Å². The zero-order chi connectivity index (χ0) is 19.4. The quantitative estimate of drug-likeness (QED) is 0.556. The van der Waals surface area contributed by atoms with Gasteiger partial charge in [0.15, 0.2) is 0 Å². The number of nitrogens with one attached hydrogen (secondary N) is 2. The van der Waals surface area contributed by atoms with Crippen LogP contribution >= 0.6 is 22.9 Å². The van der Waals surface area contributed by atoms with Crippen molar-refractivity contribution >= 4 is 54.6 Å². The summed E-state index contributed by atoms with van der Waals surface area (Å²) in [5, 5.41) is 4.08. The van der Waals surface area contributed by atoms with Gasteiger partial charge in [-0.2, -0.15) is 0 Å². The molecule has 3 aromatic rings. The van der Waals surface area contributed by atoms with Crippen LogP contribution in [0, 0.1) is 0 Å². The van der Waals surface area contributed by atoms with Crippen molar-refractivity contribution in [1.29, 1.82) is 0 Å². The highest BCUT2D eigenvalue weighted by atomic mass is 35.5. The summed E-state index contributed by atoms with van der Waals surface area (Å²) in [4.78, 5) is 13.0. The minimum absolute atomic E-state index is 0.142. The zero-order valence-electron chi connectivity index (χ0n) is 14.2. The normalized spacial score (nSPS) is 11.4. The van der Waals surface area contributed by atoms with Gasteiger partial charge in [0, 0.05) is 22.3 Å². The molecule has 1 heterocycles. The number of thiophene rings is 1. The third-order valence-corrected chi connectivity index (χ3v) is 6.75. The van der Waals surface area contributed by atoms with Gasteiger partial charge in [0.2, 0.25) is 10.0 Å². The fraction of sp³-hybridized carbons (Fsp3) is 0.105. The van der Waals surface area contributed by atoms with Crippen molar-refractivity contribution < 1.29 is 13.2 Å². The Labute approximate surface area is 166 Å². The number of hydrogen-bond donors (Lipinski definition) is 2. The minimum Gasteiger partial charge on any atom is -0.321 e. The lowest BCUT2D eigenvalue weighted by atomic mass is 10.2. The summed E-state index contributed by atoms with van der Waals surface area (Å²) >= 11 is 7.66. The molecule has 0 aliphatic carbocycles. The Hall–Kier alpha value is -2.19. The predicted molar refractivity (Wildman–Crippen MR) is 112 cm³/mol. The van der Waals surface area contributed by atoms with Crippen molar-refractivity contribution in [2.75, 3.05) is 11.9 Å². The lowest BCUT2D eigenvalue weighted by molar-refractivity contribution is 0.103. The molecule has 140 valence electrons. The number of anilines is 1. The van der Waals surface area contributed by atoms with Gasteiger partial charge in [-0.3, -0.25) is 4.79 Å². The molecule has 0 aliphatic heterocycles. The number of carbonyl (C=O) groups is 1. The molecule has 1 amide bonds. The SMILES string of the molecule is C=CCNS(=O)(=O)Cc1ccc(NC(=O)c2sc3ccccc3c2Cl)cc1. The Kier molecular flexibility index (Phi) is 5.96. The summed E-state index contributed by atoms with van der Waals surface area (Å²) in [5.74, 6) is -0.439. The Bertz CT molecular complexity index is 1090. The molecular weight excluding hydrogens is 404 g/mol. The summed E-state index contributed by atoms with van der Waals surface area (Å²) in [6, 6.07) is 14.2. The van der Waals surface area contributed by atoms with Gasteiger partial charge in [-0.25, -0.2) is 13.1 Å². The van der Waals surface area contributed by atoms with E-state index in [0.29, 0.717) is 21.2 Å². The van der Waals surface area contributed by atoms with Crippen LogP contribution in [0.15, 0.2) is 61.2 Å². The number of fused-ring (bicyclic) bond motifs is 1. The Morgan fingerprint density at radius 3 is 2.52 bits per heavy atom. The molecule has 0 radical (unpaired) electrons. The Morgan fingerprint density at radius 1 is 1.15 bits per heavy atom. The van der Waals surface area contributed by atoms with Crippen LogP contribution in [-0.4, -0.2) is 20.9 Å². The zero-order valence-corrected chi connectivity index (χ0v) is 16.6. The van der Waals surface area contributed by atoms with Crippen molar-refractivity contribution in [3.63, 3.8) is 0 Å². The molecule has 0 saturated carbocycles. The lowest BCUT2D eigenvalue weighted by Crippen LogP contribution is -2.25. The topological polar surface area (TPSA) is 75.3 Å². The standard InChI is InChI=1S/C19H17ClN2O3S2/c1-2-11-21-27(24,25)12-13-7-9-14(10-8-13)22-19(23)18-17(20)15-5-3-4-6-16(15)26-18/h2-10,21H,1,11-12H2,(H,22,23). The first-order valence-electron chi connectivity index (χ1n) is 8.05. The van der Waals surface area contributed by atoms with Gasteiger partial charge in [-0.1, -0.05) is 48.0 Å². The molecular formula is C19H17ClN2O3S2. The Balaban J connectivity index is 1.71. The average Bonchev–Trinajstić information content (AvgIpc) is 2.99. The van der Waals surface area contributed by atoms with Gasteiger partial charge in [0.05, 0.1) is 10.8 Å². The first-order valence-corrected chi connectivity index (χ1v) is 10.9.